The second-order valence-corrected chi connectivity index (χ2v) is 6.43. The lowest BCUT2D eigenvalue weighted by atomic mass is 10.1. The fourth-order valence-corrected chi connectivity index (χ4v) is 2.89. The van der Waals surface area contributed by atoms with E-state index in [1.807, 2.05) is 6.20 Å². The van der Waals surface area contributed by atoms with E-state index in [9.17, 15) is 0 Å². The highest BCUT2D eigenvalue weighted by atomic mass is 16.5. The summed E-state index contributed by atoms with van der Waals surface area (Å²) in [7, 11) is 5.93. The van der Waals surface area contributed by atoms with Gasteiger partial charge in [0.2, 0.25) is 0 Å². The molecular weight excluding hydrogens is 264 g/mol. The summed E-state index contributed by atoms with van der Waals surface area (Å²) >= 11 is 0. The summed E-state index contributed by atoms with van der Waals surface area (Å²) in [4.78, 5) is 2.19. The summed E-state index contributed by atoms with van der Waals surface area (Å²) in [5.74, 6) is 2.42. The molecule has 0 amide bonds. The van der Waals surface area contributed by atoms with Gasteiger partial charge in [-0.3, -0.25) is 4.68 Å². The maximum Gasteiger partial charge on any atom is 0.161 e. The summed E-state index contributed by atoms with van der Waals surface area (Å²) in [5.41, 5.74) is 1.22. The number of hydrogen-bond donors (Lipinski definition) is 1. The summed E-state index contributed by atoms with van der Waals surface area (Å²) in [6, 6.07) is 0.361. The number of nitrogens with one attached hydrogen (secondary N) is 1. The van der Waals surface area contributed by atoms with Crippen molar-refractivity contribution in [1.29, 1.82) is 0 Å². The van der Waals surface area contributed by atoms with Gasteiger partial charge in [0.1, 0.15) is 0 Å². The highest BCUT2D eigenvalue weighted by Gasteiger charge is 2.42. The van der Waals surface area contributed by atoms with Crippen LogP contribution in [0.5, 0.6) is 5.75 Å². The fourth-order valence-electron chi connectivity index (χ4n) is 2.89. The standard InChI is InChI=1S/C16H30N4O/c1-6-7-17-15(13-10-12(13)2)16-14(21-5)11-18-20(16)9-8-19(3)4/h11-13,15,17H,6-10H2,1-5H3. The molecule has 0 radical (unpaired) electrons. The van der Waals surface area contributed by atoms with Gasteiger partial charge in [0, 0.05) is 6.54 Å². The Morgan fingerprint density at radius 2 is 2.24 bits per heavy atom. The average molecular weight is 294 g/mol. The van der Waals surface area contributed by atoms with Crippen LogP contribution in [-0.2, 0) is 6.54 Å². The maximum absolute atomic E-state index is 5.57. The van der Waals surface area contributed by atoms with Crippen LogP contribution in [0.25, 0.3) is 0 Å². The van der Waals surface area contributed by atoms with Crippen molar-refractivity contribution in [2.45, 2.75) is 39.3 Å². The third-order valence-electron chi connectivity index (χ3n) is 4.33. The molecular formula is C16H30N4O. The minimum atomic E-state index is 0.361. The zero-order valence-corrected chi connectivity index (χ0v) is 14.1. The molecule has 1 fully saturated rings. The first kappa shape index (κ1) is 16.3. The molecule has 2 rings (SSSR count). The van der Waals surface area contributed by atoms with Crippen molar-refractivity contribution in [2.24, 2.45) is 11.8 Å². The molecule has 1 aromatic heterocycles. The van der Waals surface area contributed by atoms with E-state index in [2.05, 4.69) is 47.9 Å². The molecule has 0 spiro atoms. The van der Waals surface area contributed by atoms with E-state index in [1.165, 1.54) is 12.1 Å². The minimum Gasteiger partial charge on any atom is -0.493 e. The molecule has 1 aliphatic carbocycles. The maximum atomic E-state index is 5.57. The van der Waals surface area contributed by atoms with Gasteiger partial charge in [-0.1, -0.05) is 13.8 Å². The Morgan fingerprint density at radius 1 is 1.52 bits per heavy atom. The van der Waals surface area contributed by atoms with Crippen molar-refractivity contribution >= 4 is 0 Å². The van der Waals surface area contributed by atoms with E-state index in [4.69, 9.17) is 4.74 Å². The SMILES string of the molecule is CCCNC(c1c(OC)cnn1CCN(C)C)C1CC1C. The van der Waals surface area contributed by atoms with Gasteiger partial charge in [-0.2, -0.15) is 5.10 Å². The quantitative estimate of drug-likeness (QED) is 0.758. The Morgan fingerprint density at radius 3 is 2.76 bits per heavy atom. The van der Waals surface area contributed by atoms with Gasteiger partial charge >= 0.3 is 0 Å². The van der Waals surface area contributed by atoms with E-state index in [1.54, 1.807) is 7.11 Å². The van der Waals surface area contributed by atoms with Crippen LogP contribution in [0.2, 0.25) is 0 Å². The number of hydrogen-bond acceptors (Lipinski definition) is 4. The molecule has 0 saturated heterocycles. The lowest BCUT2D eigenvalue weighted by Crippen LogP contribution is -2.29. The second kappa shape index (κ2) is 7.27. The number of methoxy groups -OCH3 is 1. The summed E-state index contributed by atoms with van der Waals surface area (Å²) < 4.78 is 7.69. The van der Waals surface area contributed by atoms with Crippen LogP contribution in [-0.4, -0.2) is 49.0 Å². The van der Waals surface area contributed by atoms with Gasteiger partial charge in [-0.25, -0.2) is 0 Å². The van der Waals surface area contributed by atoms with Crippen LogP contribution >= 0.6 is 0 Å². The van der Waals surface area contributed by atoms with Gasteiger partial charge in [0.25, 0.3) is 0 Å². The summed E-state index contributed by atoms with van der Waals surface area (Å²) in [5, 5.41) is 8.26. The minimum absolute atomic E-state index is 0.361. The topological polar surface area (TPSA) is 42.3 Å². The third-order valence-corrected chi connectivity index (χ3v) is 4.33. The van der Waals surface area contributed by atoms with Crippen molar-refractivity contribution in [3.8, 4) is 5.75 Å². The number of likely N-dealkylation sites (N-methyl/N-ethyl adjacent to an activating group) is 1. The Hall–Kier alpha value is -1.07. The monoisotopic (exact) mass is 294 g/mol. The van der Waals surface area contributed by atoms with E-state index in [0.717, 1.165) is 37.7 Å². The Labute approximate surface area is 128 Å². The largest absolute Gasteiger partial charge is 0.493 e. The first-order valence-corrected chi connectivity index (χ1v) is 8.06. The van der Waals surface area contributed by atoms with Gasteiger partial charge in [-0.15, -0.1) is 0 Å². The zero-order valence-electron chi connectivity index (χ0n) is 14.1. The molecule has 0 bridgehead atoms. The highest BCUT2D eigenvalue weighted by molar-refractivity contribution is 5.30. The molecule has 5 nitrogen and oxygen atoms in total. The Bertz CT molecular complexity index is 443. The average Bonchev–Trinajstić information content (AvgIpc) is 3.02. The lowest BCUT2D eigenvalue weighted by molar-refractivity contribution is 0.344. The molecule has 0 aliphatic heterocycles. The van der Waals surface area contributed by atoms with E-state index in [-0.39, 0.29) is 0 Å². The van der Waals surface area contributed by atoms with E-state index >= 15 is 0 Å². The highest BCUT2D eigenvalue weighted by Crippen LogP contribution is 2.48. The third kappa shape index (κ3) is 3.98. The molecule has 0 aromatic carbocycles. The predicted octanol–water partition coefficient (Wildman–Crippen LogP) is 2.15. The normalized spacial score (nSPS) is 22.6. The first-order chi connectivity index (χ1) is 10.1. The van der Waals surface area contributed by atoms with Crippen molar-refractivity contribution in [3.63, 3.8) is 0 Å². The number of rotatable bonds is 9. The molecule has 3 unspecified atom stereocenters. The van der Waals surface area contributed by atoms with Gasteiger partial charge in [0.15, 0.2) is 5.75 Å². The molecule has 1 saturated carbocycles. The van der Waals surface area contributed by atoms with E-state index in [0.29, 0.717) is 12.0 Å². The first-order valence-electron chi connectivity index (χ1n) is 8.06. The molecule has 1 aromatic rings. The van der Waals surface area contributed by atoms with Crippen molar-refractivity contribution in [1.82, 2.24) is 20.0 Å². The van der Waals surface area contributed by atoms with Gasteiger partial charge < -0.3 is 15.0 Å². The molecule has 120 valence electrons. The van der Waals surface area contributed by atoms with Crippen LogP contribution in [0.3, 0.4) is 0 Å². The van der Waals surface area contributed by atoms with Crippen molar-refractivity contribution in [2.75, 3.05) is 34.3 Å². The van der Waals surface area contributed by atoms with Gasteiger partial charge in [0.05, 0.1) is 31.6 Å². The van der Waals surface area contributed by atoms with E-state index < -0.39 is 0 Å². The second-order valence-electron chi connectivity index (χ2n) is 6.43. The molecule has 21 heavy (non-hydrogen) atoms. The Balaban J connectivity index is 2.21. The predicted molar refractivity (Wildman–Crippen MR) is 85.6 cm³/mol. The van der Waals surface area contributed by atoms with Crippen LogP contribution in [0, 0.1) is 11.8 Å². The smallest absolute Gasteiger partial charge is 0.161 e. The fraction of sp³-hybridized carbons (Fsp3) is 0.812. The van der Waals surface area contributed by atoms with Gasteiger partial charge in [-0.05, 0) is 45.3 Å². The number of nitrogens with zero attached hydrogens (tertiary/aromatic N) is 3. The molecule has 5 heteroatoms. The van der Waals surface area contributed by atoms with Crippen molar-refractivity contribution < 1.29 is 4.74 Å². The number of aromatic nitrogens is 2. The van der Waals surface area contributed by atoms with Crippen LogP contribution < -0.4 is 10.1 Å². The molecule has 1 heterocycles. The molecule has 3 atom stereocenters. The summed E-state index contributed by atoms with van der Waals surface area (Å²) in [6.07, 6.45) is 4.30. The summed E-state index contributed by atoms with van der Waals surface area (Å²) in [6.45, 7) is 7.46. The Kier molecular flexibility index (Phi) is 5.65. The molecule has 1 aliphatic rings. The molecule has 1 N–H and O–H groups in total. The van der Waals surface area contributed by atoms with Crippen molar-refractivity contribution in [3.05, 3.63) is 11.9 Å². The van der Waals surface area contributed by atoms with Crippen LogP contribution in [0.1, 0.15) is 38.4 Å². The van der Waals surface area contributed by atoms with Crippen LogP contribution in [0.4, 0.5) is 0 Å². The van der Waals surface area contributed by atoms with Crippen LogP contribution in [0.15, 0.2) is 6.20 Å². The zero-order chi connectivity index (χ0) is 15.4. The number of ether oxygens (including phenoxy) is 1. The lowest BCUT2D eigenvalue weighted by Gasteiger charge is -2.22.